The third-order valence-corrected chi connectivity index (χ3v) is 4.49. The molecule has 0 saturated carbocycles. The van der Waals surface area contributed by atoms with Crippen molar-refractivity contribution in [2.75, 3.05) is 6.54 Å². The van der Waals surface area contributed by atoms with Gasteiger partial charge in [-0.05, 0) is 18.2 Å². The maximum atomic E-state index is 12.7. The molecule has 1 aliphatic heterocycles. The van der Waals surface area contributed by atoms with Crippen LogP contribution in [0.5, 0.6) is 0 Å². The first-order valence-corrected chi connectivity index (χ1v) is 7.82. The highest BCUT2D eigenvalue weighted by atomic mass is 19.4. The maximum absolute atomic E-state index is 12.7. The number of aromatic nitrogens is 3. The van der Waals surface area contributed by atoms with Crippen LogP contribution in [0.1, 0.15) is 33.0 Å². The van der Waals surface area contributed by atoms with E-state index in [1.165, 1.54) is 4.90 Å². The smallest absolute Gasteiger partial charge is 0.358 e. The van der Waals surface area contributed by atoms with E-state index in [9.17, 15) is 18.0 Å². The average molecular weight is 359 g/mol. The lowest BCUT2D eigenvalue weighted by Crippen LogP contribution is -2.36. The number of rotatable bonds is 1. The van der Waals surface area contributed by atoms with Gasteiger partial charge in [0.05, 0.1) is 11.6 Å². The van der Waals surface area contributed by atoms with Crippen LogP contribution in [0.4, 0.5) is 13.2 Å². The fraction of sp³-hybridized carbons (Fsp3) is 0.235. The highest BCUT2D eigenvalue weighted by Crippen LogP contribution is 2.30. The summed E-state index contributed by atoms with van der Waals surface area (Å²) in [5.74, 6) is -0.562. The van der Waals surface area contributed by atoms with Crippen LogP contribution in [0.25, 0.3) is 10.9 Å². The highest BCUT2D eigenvalue weighted by Gasteiger charge is 2.35. The van der Waals surface area contributed by atoms with Gasteiger partial charge in [-0.3, -0.25) is 9.89 Å². The molecule has 3 aromatic rings. The van der Waals surface area contributed by atoms with Crippen LogP contribution in [-0.2, 0) is 19.1 Å². The molecule has 0 fully saturated rings. The Morgan fingerprint density at radius 3 is 2.81 bits per heavy atom. The van der Waals surface area contributed by atoms with Gasteiger partial charge in [0.1, 0.15) is 5.69 Å². The predicted molar refractivity (Wildman–Crippen MR) is 85.0 cm³/mol. The van der Waals surface area contributed by atoms with Crippen molar-refractivity contribution in [3.05, 3.63) is 52.5 Å². The van der Waals surface area contributed by atoms with E-state index >= 15 is 0 Å². The number of nitrogens with zero attached hydrogens (tertiary/aromatic N) is 3. The SMILES string of the molecule is N#Cc1ccc2[nH]c3c(c2c1)CN(C(=O)c1cc(C(F)(F)F)[nH]n1)CC3. The molecule has 0 aliphatic carbocycles. The predicted octanol–water partition coefficient (Wildman–Crippen LogP) is 2.98. The summed E-state index contributed by atoms with van der Waals surface area (Å²) in [5, 5.41) is 15.3. The zero-order valence-electron chi connectivity index (χ0n) is 13.3. The molecule has 1 amide bonds. The first-order chi connectivity index (χ1) is 12.4. The van der Waals surface area contributed by atoms with E-state index < -0.39 is 17.8 Å². The minimum absolute atomic E-state index is 0.247. The van der Waals surface area contributed by atoms with Gasteiger partial charge >= 0.3 is 6.18 Å². The standard InChI is InChI=1S/C17H12F3N5O/c18-17(19,20)15-6-14(23-24-15)16(26)25-4-3-13-11(8-25)10-5-9(7-21)1-2-12(10)22-13/h1-2,5-6,22H,3-4,8H2,(H,23,24). The zero-order chi connectivity index (χ0) is 18.5. The largest absolute Gasteiger partial charge is 0.432 e. The first-order valence-electron chi connectivity index (χ1n) is 7.82. The minimum Gasteiger partial charge on any atom is -0.358 e. The minimum atomic E-state index is -4.58. The molecule has 9 heteroatoms. The second kappa shape index (κ2) is 5.62. The molecule has 2 N–H and O–H groups in total. The number of H-pyrrole nitrogens is 2. The van der Waals surface area contributed by atoms with Gasteiger partial charge in [-0.2, -0.15) is 23.5 Å². The molecule has 0 unspecified atom stereocenters. The Hall–Kier alpha value is -3.28. The van der Waals surface area contributed by atoms with Crippen molar-refractivity contribution < 1.29 is 18.0 Å². The molecule has 0 spiro atoms. The Bertz CT molecular complexity index is 1060. The third kappa shape index (κ3) is 2.60. The number of amides is 1. The molecular weight excluding hydrogens is 347 g/mol. The van der Waals surface area contributed by atoms with Gasteiger partial charge in [-0.15, -0.1) is 0 Å². The second-order valence-corrected chi connectivity index (χ2v) is 6.10. The lowest BCUT2D eigenvalue weighted by atomic mass is 10.0. The van der Waals surface area contributed by atoms with Crippen molar-refractivity contribution in [3.8, 4) is 6.07 Å². The first kappa shape index (κ1) is 16.2. The summed E-state index contributed by atoms with van der Waals surface area (Å²) >= 11 is 0. The fourth-order valence-electron chi connectivity index (χ4n) is 3.20. The number of carbonyl (C=O) groups is 1. The van der Waals surface area contributed by atoms with Crippen LogP contribution in [0.3, 0.4) is 0 Å². The number of hydrogen-bond donors (Lipinski definition) is 2. The summed E-state index contributed by atoms with van der Waals surface area (Å²) in [5.41, 5.74) is 1.90. The van der Waals surface area contributed by atoms with E-state index in [0.717, 1.165) is 28.2 Å². The normalized spacial score (nSPS) is 14.3. The van der Waals surface area contributed by atoms with Crippen molar-refractivity contribution in [2.45, 2.75) is 19.1 Å². The Morgan fingerprint density at radius 1 is 1.31 bits per heavy atom. The van der Waals surface area contributed by atoms with E-state index in [4.69, 9.17) is 5.26 Å². The molecule has 26 heavy (non-hydrogen) atoms. The summed E-state index contributed by atoms with van der Waals surface area (Å²) in [6.45, 7) is 0.620. The van der Waals surface area contributed by atoms with Crippen molar-refractivity contribution in [2.24, 2.45) is 0 Å². The van der Waals surface area contributed by atoms with E-state index in [1.807, 2.05) is 11.2 Å². The molecule has 0 saturated heterocycles. The molecule has 0 radical (unpaired) electrons. The van der Waals surface area contributed by atoms with E-state index in [1.54, 1.807) is 12.1 Å². The molecule has 6 nitrogen and oxygen atoms in total. The van der Waals surface area contributed by atoms with Crippen molar-refractivity contribution in [1.29, 1.82) is 5.26 Å². The number of halogens is 3. The van der Waals surface area contributed by atoms with Gasteiger partial charge in [0, 0.05) is 47.7 Å². The van der Waals surface area contributed by atoms with Crippen molar-refractivity contribution in [1.82, 2.24) is 20.1 Å². The third-order valence-electron chi connectivity index (χ3n) is 4.49. The molecule has 2 aromatic heterocycles. The number of nitrogens with one attached hydrogen (secondary N) is 2. The van der Waals surface area contributed by atoms with Crippen LogP contribution in [0, 0.1) is 11.3 Å². The molecule has 3 heterocycles. The zero-order valence-corrected chi connectivity index (χ0v) is 13.3. The number of carbonyl (C=O) groups excluding carboxylic acids is 1. The number of alkyl halides is 3. The molecular formula is C17H12F3N5O. The Kier molecular flexibility index (Phi) is 3.50. The van der Waals surface area contributed by atoms with E-state index in [0.29, 0.717) is 18.5 Å². The van der Waals surface area contributed by atoms with Gasteiger partial charge < -0.3 is 9.88 Å². The maximum Gasteiger partial charge on any atom is 0.432 e. The van der Waals surface area contributed by atoms with Crippen molar-refractivity contribution >= 4 is 16.8 Å². The molecule has 4 rings (SSSR count). The van der Waals surface area contributed by atoms with Crippen molar-refractivity contribution in [3.63, 3.8) is 0 Å². The second-order valence-electron chi connectivity index (χ2n) is 6.10. The van der Waals surface area contributed by atoms with Crippen LogP contribution in [-0.4, -0.2) is 32.5 Å². The number of fused-ring (bicyclic) bond motifs is 3. The van der Waals surface area contributed by atoms with Crippen LogP contribution in [0.15, 0.2) is 24.3 Å². The summed E-state index contributed by atoms with van der Waals surface area (Å²) in [6.07, 6.45) is -4.03. The molecule has 132 valence electrons. The lowest BCUT2D eigenvalue weighted by molar-refractivity contribution is -0.141. The number of benzene rings is 1. The topological polar surface area (TPSA) is 88.6 Å². The van der Waals surface area contributed by atoms with Crippen LogP contribution >= 0.6 is 0 Å². The van der Waals surface area contributed by atoms with E-state index in [2.05, 4.69) is 16.2 Å². The van der Waals surface area contributed by atoms with Gasteiger partial charge in [0.15, 0.2) is 5.69 Å². The Balaban J connectivity index is 1.64. The van der Waals surface area contributed by atoms with Crippen LogP contribution < -0.4 is 0 Å². The van der Waals surface area contributed by atoms with Gasteiger partial charge in [0.2, 0.25) is 0 Å². The molecule has 1 aliphatic rings. The lowest BCUT2D eigenvalue weighted by Gasteiger charge is -2.26. The number of hydrogen-bond acceptors (Lipinski definition) is 3. The molecule has 0 atom stereocenters. The number of aromatic amines is 2. The van der Waals surface area contributed by atoms with Gasteiger partial charge in [-0.1, -0.05) is 0 Å². The summed E-state index contributed by atoms with van der Waals surface area (Å²) in [4.78, 5) is 17.3. The highest BCUT2D eigenvalue weighted by molar-refractivity contribution is 5.93. The van der Waals surface area contributed by atoms with Gasteiger partial charge in [0.25, 0.3) is 5.91 Å². The summed E-state index contributed by atoms with van der Waals surface area (Å²) in [7, 11) is 0. The van der Waals surface area contributed by atoms with E-state index in [-0.39, 0.29) is 12.2 Å². The molecule has 0 bridgehead atoms. The summed E-state index contributed by atoms with van der Waals surface area (Å²) in [6, 6.07) is 8.06. The fourth-order valence-corrected chi connectivity index (χ4v) is 3.20. The van der Waals surface area contributed by atoms with Crippen LogP contribution in [0.2, 0.25) is 0 Å². The molecule has 1 aromatic carbocycles. The monoisotopic (exact) mass is 359 g/mol. The quantitative estimate of drug-likeness (QED) is 0.700. The Morgan fingerprint density at radius 2 is 2.12 bits per heavy atom. The average Bonchev–Trinajstić information content (AvgIpc) is 3.24. The number of nitriles is 1. The summed E-state index contributed by atoms with van der Waals surface area (Å²) < 4.78 is 38.0. The Labute approximate surface area is 145 Å². The van der Waals surface area contributed by atoms with Gasteiger partial charge in [-0.25, -0.2) is 0 Å².